The van der Waals surface area contributed by atoms with Gasteiger partial charge >= 0.3 is 5.97 Å². The number of nitrogens with zero attached hydrogens (tertiary/aromatic N) is 3. The topological polar surface area (TPSA) is 89.1 Å². The molecule has 7 heteroatoms. The molecule has 0 spiro atoms. The van der Waals surface area contributed by atoms with Crippen LogP contribution in [0.3, 0.4) is 0 Å². The third-order valence-electron chi connectivity index (χ3n) is 3.33. The zero-order valence-electron chi connectivity index (χ0n) is 11.5. The van der Waals surface area contributed by atoms with Crippen LogP contribution in [0.2, 0.25) is 0 Å². The molecule has 0 aromatic carbocycles. The lowest BCUT2D eigenvalue weighted by Gasteiger charge is -1.99. The first-order valence-corrected chi connectivity index (χ1v) is 7.51. The number of hydrogen-bond acceptors (Lipinski definition) is 5. The third kappa shape index (κ3) is 3.14. The van der Waals surface area contributed by atoms with E-state index in [0.29, 0.717) is 34.8 Å². The largest absolute Gasteiger partial charge is 0.478 e. The predicted molar refractivity (Wildman–Crippen MR) is 82.8 cm³/mol. The van der Waals surface area contributed by atoms with E-state index in [9.17, 15) is 4.79 Å². The SMILES string of the molecule is O=C(O)C1=CC=C(c2nnc(-c3ccnc(Br)c3)o2)CCC1. The van der Waals surface area contributed by atoms with Crippen molar-refractivity contribution < 1.29 is 14.3 Å². The van der Waals surface area contributed by atoms with Gasteiger partial charge in [0.15, 0.2) is 0 Å². The summed E-state index contributed by atoms with van der Waals surface area (Å²) in [7, 11) is 0. The fraction of sp³-hybridized carbons (Fsp3) is 0.200. The lowest BCUT2D eigenvalue weighted by molar-refractivity contribution is -0.132. The average Bonchev–Trinajstić information content (AvgIpc) is 2.85. The van der Waals surface area contributed by atoms with Crippen molar-refractivity contribution in [1.29, 1.82) is 0 Å². The molecule has 0 bridgehead atoms. The normalized spacial score (nSPS) is 15.0. The minimum atomic E-state index is -0.884. The van der Waals surface area contributed by atoms with Crippen LogP contribution in [0.15, 0.2) is 45.1 Å². The molecule has 112 valence electrons. The van der Waals surface area contributed by atoms with Crippen molar-refractivity contribution in [3.63, 3.8) is 0 Å². The number of carboxylic acids is 1. The monoisotopic (exact) mass is 361 g/mol. The minimum Gasteiger partial charge on any atom is -0.478 e. The van der Waals surface area contributed by atoms with Gasteiger partial charge in [-0.25, -0.2) is 9.78 Å². The molecule has 2 heterocycles. The lowest BCUT2D eigenvalue weighted by Crippen LogP contribution is -1.98. The van der Waals surface area contributed by atoms with E-state index in [2.05, 4.69) is 31.1 Å². The van der Waals surface area contributed by atoms with Crippen LogP contribution in [0.25, 0.3) is 17.0 Å². The molecule has 1 aliphatic carbocycles. The number of hydrogen-bond donors (Lipinski definition) is 1. The fourth-order valence-corrected chi connectivity index (χ4v) is 2.56. The maximum absolute atomic E-state index is 11.0. The van der Waals surface area contributed by atoms with E-state index in [1.807, 2.05) is 0 Å². The maximum atomic E-state index is 11.0. The van der Waals surface area contributed by atoms with Crippen molar-refractivity contribution >= 4 is 27.5 Å². The first-order chi connectivity index (χ1) is 10.6. The standard InChI is InChI=1S/C15H12BrN3O3/c16-12-8-11(6-7-17-12)14-19-18-13(22-14)9-2-1-3-10(5-4-9)15(20)21/h4-8H,1-3H2,(H,20,21). The molecule has 0 unspecified atom stereocenters. The van der Waals surface area contributed by atoms with Gasteiger partial charge < -0.3 is 9.52 Å². The van der Waals surface area contributed by atoms with Crippen LogP contribution in [0.4, 0.5) is 0 Å². The Morgan fingerprint density at radius 2 is 2.05 bits per heavy atom. The molecule has 0 fully saturated rings. The van der Waals surface area contributed by atoms with Crippen LogP contribution in [0.5, 0.6) is 0 Å². The van der Waals surface area contributed by atoms with Gasteiger partial charge in [0.05, 0.1) is 0 Å². The average molecular weight is 362 g/mol. The highest BCUT2D eigenvalue weighted by atomic mass is 79.9. The minimum absolute atomic E-state index is 0.396. The Kier molecular flexibility index (Phi) is 4.15. The summed E-state index contributed by atoms with van der Waals surface area (Å²) in [5, 5.41) is 17.1. The van der Waals surface area contributed by atoms with Crippen molar-refractivity contribution in [3.8, 4) is 11.5 Å². The molecular weight excluding hydrogens is 350 g/mol. The van der Waals surface area contributed by atoms with Crippen molar-refractivity contribution in [2.24, 2.45) is 0 Å². The summed E-state index contributed by atoms with van der Waals surface area (Å²) in [5.41, 5.74) is 2.02. The van der Waals surface area contributed by atoms with Crippen molar-refractivity contribution in [2.45, 2.75) is 19.3 Å². The second-order valence-corrected chi connectivity index (χ2v) is 5.63. The first kappa shape index (κ1) is 14.6. The van der Waals surface area contributed by atoms with Crippen LogP contribution in [-0.4, -0.2) is 26.3 Å². The molecule has 0 amide bonds. The zero-order valence-corrected chi connectivity index (χ0v) is 13.1. The lowest BCUT2D eigenvalue weighted by atomic mass is 10.1. The van der Waals surface area contributed by atoms with E-state index in [4.69, 9.17) is 9.52 Å². The number of halogens is 1. The number of aromatic nitrogens is 3. The fourth-order valence-electron chi connectivity index (χ4n) is 2.20. The molecule has 0 radical (unpaired) electrons. The summed E-state index contributed by atoms with van der Waals surface area (Å²) < 4.78 is 6.39. The first-order valence-electron chi connectivity index (χ1n) is 6.72. The van der Waals surface area contributed by atoms with Gasteiger partial charge in [-0.2, -0.15) is 0 Å². The summed E-state index contributed by atoms with van der Waals surface area (Å²) in [5.74, 6) is -0.0538. The van der Waals surface area contributed by atoms with Crippen molar-refractivity contribution in [2.75, 3.05) is 0 Å². The van der Waals surface area contributed by atoms with E-state index < -0.39 is 5.97 Å². The van der Waals surface area contributed by atoms with Crippen LogP contribution < -0.4 is 0 Å². The molecule has 0 saturated heterocycles. The van der Waals surface area contributed by atoms with E-state index in [0.717, 1.165) is 17.6 Å². The van der Waals surface area contributed by atoms with E-state index in [1.165, 1.54) is 0 Å². The number of allylic oxidation sites excluding steroid dienone is 3. The molecule has 0 saturated carbocycles. The molecule has 0 atom stereocenters. The smallest absolute Gasteiger partial charge is 0.331 e. The molecule has 2 aromatic heterocycles. The summed E-state index contributed by atoms with van der Waals surface area (Å²) in [4.78, 5) is 15.1. The summed E-state index contributed by atoms with van der Waals surface area (Å²) in [6.07, 6.45) is 6.98. The number of pyridine rings is 1. The molecule has 2 aromatic rings. The van der Waals surface area contributed by atoms with Crippen LogP contribution in [0.1, 0.15) is 25.2 Å². The van der Waals surface area contributed by atoms with Gasteiger partial charge in [0.25, 0.3) is 0 Å². The molecule has 22 heavy (non-hydrogen) atoms. The predicted octanol–water partition coefficient (Wildman–Crippen LogP) is 3.47. The second kappa shape index (κ2) is 6.23. The van der Waals surface area contributed by atoms with E-state index in [1.54, 1.807) is 30.5 Å². The van der Waals surface area contributed by atoms with Gasteiger partial charge in [0, 0.05) is 22.9 Å². The van der Waals surface area contributed by atoms with E-state index in [-0.39, 0.29) is 0 Å². The summed E-state index contributed by atoms with van der Waals surface area (Å²) in [6, 6.07) is 3.58. The Morgan fingerprint density at radius 1 is 1.23 bits per heavy atom. The Hall–Kier alpha value is -2.28. The Balaban J connectivity index is 1.89. The van der Waals surface area contributed by atoms with Crippen molar-refractivity contribution in [3.05, 3.63) is 46.5 Å². The number of aliphatic carboxylic acids is 1. The Bertz CT molecular complexity index is 780. The quantitative estimate of drug-likeness (QED) is 0.841. The van der Waals surface area contributed by atoms with Crippen LogP contribution in [0, 0.1) is 0 Å². The number of carboxylic acid groups (broad SMARTS) is 1. The molecule has 1 aliphatic rings. The molecule has 3 rings (SSSR count). The van der Waals surface area contributed by atoms with E-state index >= 15 is 0 Å². The highest BCUT2D eigenvalue weighted by Gasteiger charge is 2.16. The maximum Gasteiger partial charge on any atom is 0.331 e. The van der Waals surface area contributed by atoms with Crippen LogP contribution >= 0.6 is 15.9 Å². The third-order valence-corrected chi connectivity index (χ3v) is 3.76. The zero-order chi connectivity index (χ0) is 15.5. The van der Waals surface area contributed by atoms with Crippen LogP contribution in [-0.2, 0) is 4.79 Å². The molecule has 1 N–H and O–H groups in total. The summed E-state index contributed by atoms with van der Waals surface area (Å²) >= 11 is 3.30. The Labute approximate surface area is 134 Å². The summed E-state index contributed by atoms with van der Waals surface area (Å²) in [6.45, 7) is 0. The van der Waals surface area contributed by atoms with Gasteiger partial charge in [0.1, 0.15) is 4.60 Å². The number of rotatable bonds is 3. The number of carbonyl (C=O) groups is 1. The Morgan fingerprint density at radius 3 is 2.82 bits per heavy atom. The van der Waals surface area contributed by atoms with Gasteiger partial charge in [-0.1, -0.05) is 12.2 Å². The molecule has 0 aliphatic heterocycles. The highest BCUT2D eigenvalue weighted by molar-refractivity contribution is 9.10. The molecular formula is C15H12BrN3O3. The van der Waals surface area contributed by atoms with Gasteiger partial charge in [-0.3, -0.25) is 0 Å². The highest BCUT2D eigenvalue weighted by Crippen LogP contribution is 2.28. The second-order valence-electron chi connectivity index (χ2n) is 4.82. The van der Waals surface area contributed by atoms with Crippen molar-refractivity contribution in [1.82, 2.24) is 15.2 Å². The van der Waals surface area contributed by atoms with Gasteiger partial charge in [-0.05, 0) is 47.3 Å². The van der Waals surface area contributed by atoms with Gasteiger partial charge in [0.2, 0.25) is 11.8 Å². The molecule has 6 nitrogen and oxygen atoms in total. The van der Waals surface area contributed by atoms with Gasteiger partial charge in [-0.15, -0.1) is 10.2 Å².